The van der Waals surface area contributed by atoms with Crippen molar-refractivity contribution in [3.8, 4) is 5.75 Å². The van der Waals surface area contributed by atoms with Crippen molar-refractivity contribution >= 4 is 5.97 Å². The summed E-state index contributed by atoms with van der Waals surface area (Å²) in [4.78, 5) is 12.1. The topological polar surface area (TPSA) is 26.3 Å². The second-order valence-corrected chi connectivity index (χ2v) is 5.87. The number of benzene rings is 1. The van der Waals surface area contributed by atoms with Crippen LogP contribution in [-0.4, -0.2) is 5.97 Å². The fourth-order valence-corrected chi connectivity index (χ4v) is 3.01. The number of carbonyl (C=O) groups is 1. The molecule has 0 unspecified atom stereocenters. The average Bonchev–Trinajstić information content (AvgIpc) is 2.49. The molecule has 1 aromatic rings. The minimum atomic E-state index is -0.0526. The molecule has 0 heterocycles. The number of ether oxygens (including phenoxy) is 1. The third-order valence-corrected chi connectivity index (χ3v) is 4.30. The van der Waals surface area contributed by atoms with Crippen LogP contribution in [0.5, 0.6) is 5.75 Å². The maximum Gasteiger partial charge on any atom is 0.314 e. The Morgan fingerprint density at radius 2 is 1.90 bits per heavy atom. The number of rotatable bonds is 6. The first-order valence-corrected chi connectivity index (χ1v) is 7.97. The zero-order valence-electron chi connectivity index (χ0n) is 12.4. The SMILES string of the molecule is CCCCCC1CCC(C(=O)Oc2cc[c]cc2)CC1. The monoisotopic (exact) mass is 273 g/mol. The quantitative estimate of drug-likeness (QED) is 0.423. The van der Waals surface area contributed by atoms with E-state index in [4.69, 9.17) is 4.74 Å². The maximum atomic E-state index is 12.1. The Labute approximate surface area is 122 Å². The average molecular weight is 273 g/mol. The van der Waals surface area contributed by atoms with Gasteiger partial charge in [0.2, 0.25) is 0 Å². The minimum Gasteiger partial charge on any atom is -0.426 e. The highest BCUT2D eigenvalue weighted by Gasteiger charge is 2.27. The lowest BCUT2D eigenvalue weighted by Gasteiger charge is -2.27. The third-order valence-electron chi connectivity index (χ3n) is 4.30. The summed E-state index contributed by atoms with van der Waals surface area (Å²) in [6.45, 7) is 2.24. The first-order chi connectivity index (χ1) is 9.79. The van der Waals surface area contributed by atoms with E-state index in [0.717, 1.165) is 18.8 Å². The molecule has 1 aliphatic rings. The van der Waals surface area contributed by atoms with Crippen LogP contribution in [0.4, 0.5) is 0 Å². The van der Waals surface area contributed by atoms with Crippen molar-refractivity contribution in [3.05, 3.63) is 30.3 Å². The number of unbranched alkanes of at least 4 members (excludes halogenated alkanes) is 2. The Kier molecular flexibility index (Phi) is 6.10. The van der Waals surface area contributed by atoms with Crippen LogP contribution in [0.25, 0.3) is 0 Å². The van der Waals surface area contributed by atoms with Crippen molar-refractivity contribution in [2.75, 3.05) is 0 Å². The van der Waals surface area contributed by atoms with Gasteiger partial charge in [-0.1, -0.05) is 44.7 Å². The van der Waals surface area contributed by atoms with Gasteiger partial charge in [-0.25, -0.2) is 0 Å². The largest absolute Gasteiger partial charge is 0.426 e. The van der Waals surface area contributed by atoms with E-state index in [9.17, 15) is 4.79 Å². The van der Waals surface area contributed by atoms with E-state index in [-0.39, 0.29) is 11.9 Å². The van der Waals surface area contributed by atoms with Crippen molar-refractivity contribution in [2.45, 2.75) is 58.3 Å². The van der Waals surface area contributed by atoms with Crippen LogP contribution >= 0.6 is 0 Å². The zero-order chi connectivity index (χ0) is 14.2. The summed E-state index contributed by atoms with van der Waals surface area (Å²) >= 11 is 0. The fourth-order valence-electron chi connectivity index (χ4n) is 3.01. The molecule has 0 spiro atoms. The Morgan fingerprint density at radius 1 is 1.20 bits per heavy atom. The maximum absolute atomic E-state index is 12.1. The molecule has 2 nitrogen and oxygen atoms in total. The fraction of sp³-hybridized carbons (Fsp3) is 0.611. The molecule has 0 aliphatic heterocycles. The standard InChI is InChI=1S/C18H25O2/c1-2-3-5-8-15-11-13-16(14-12-15)18(19)20-17-9-6-4-7-10-17/h6-7,9-10,15-16H,2-3,5,8,11-14H2,1H3. The summed E-state index contributed by atoms with van der Waals surface area (Å²) in [5.74, 6) is 1.51. The molecule has 1 aromatic carbocycles. The summed E-state index contributed by atoms with van der Waals surface area (Å²) in [6.07, 6.45) is 9.67. The number of esters is 1. The van der Waals surface area contributed by atoms with Gasteiger partial charge in [0.25, 0.3) is 0 Å². The molecule has 0 bridgehead atoms. The second kappa shape index (κ2) is 8.08. The predicted octanol–water partition coefficient (Wildman–Crippen LogP) is 4.78. The first-order valence-electron chi connectivity index (χ1n) is 7.97. The number of carbonyl (C=O) groups excluding carboxylic acids is 1. The van der Waals surface area contributed by atoms with Gasteiger partial charge >= 0.3 is 5.97 Å². The molecule has 1 saturated carbocycles. The van der Waals surface area contributed by atoms with Gasteiger partial charge < -0.3 is 4.74 Å². The molecular weight excluding hydrogens is 248 g/mol. The van der Waals surface area contributed by atoms with Gasteiger partial charge in [0.05, 0.1) is 5.92 Å². The molecule has 1 radical (unpaired) electrons. The molecule has 0 amide bonds. The molecule has 1 fully saturated rings. The van der Waals surface area contributed by atoms with Gasteiger partial charge in [0, 0.05) is 0 Å². The van der Waals surface area contributed by atoms with Crippen LogP contribution in [-0.2, 0) is 4.79 Å². The van der Waals surface area contributed by atoms with Crippen LogP contribution in [0.15, 0.2) is 24.3 Å². The first kappa shape index (κ1) is 15.1. The highest BCUT2D eigenvalue weighted by atomic mass is 16.5. The predicted molar refractivity (Wildman–Crippen MR) is 80.5 cm³/mol. The highest BCUT2D eigenvalue weighted by molar-refractivity contribution is 5.75. The van der Waals surface area contributed by atoms with Crippen molar-refractivity contribution in [2.24, 2.45) is 11.8 Å². The minimum absolute atomic E-state index is 0.0526. The van der Waals surface area contributed by atoms with Crippen molar-refractivity contribution < 1.29 is 9.53 Å². The highest BCUT2D eigenvalue weighted by Crippen LogP contribution is 2.32. The summed E-state index contributed by atoms with van der Waals surface area (Å²) in [6, 6.07) is 10.0. The second-order valence-electron chi connectivity index (χ2n) is 5.87. The van der Waals surface area contributed by atoms with Crippen molar-refractivity contribution in [3.63, 3.8) is 0 Å². The van der Waals surface area contributed by atoms with Gasteiger partial charge in [-0.2, -0.15) is 0 Å². The smallest absolute Gasteiger partial charge is 0.314 e. The molecular formula is C18H25O2. The summed E-state index contributed by atoms with van der Waals surface area (Å²) < 4.78 is 5.43. The molecule has 0 atom stereocenters. The van der Waals surface area contributed by atoms with E-state index in [0.29, 0.717) is 5.75 Å². The molecule has 2 rings (SSSR count). The number of hydrogen-bond acceptors (Lipinski definition) is 2. The van der Waals surface area contributed by atoms with E-state index in [1.54, 1.807) is 24.3 Å². The van der Waals surface area contributed by atoms with Gasteiger partial charge in [0.15, 0.2) is 0 Å². The van der Waals surface area contributed by atoms with Gasteiger partial charge in [-0.15, -0.1) is 0 Å². The summed E-state index contributed by atoms with van der Waals surface area (Å²) in [7, 11) is 0. The molecule has 0 N–H and O–H groups in total. The molecule has 2 heteroatoms. The Bertz CT molecular complexity index is 391. The van der Waals surface area contributed by atoms with Gasteiger partial charge in [-0.05, 0) is 49.8 Å². The summed E-state index contributed by atoms with van der Waals surface area (Å²) in [5.41, 5.74) is 0. The lowest BCUT2D eigenvalue weighted by molar-refractivity contribution is -0.140. The van der Waals surface area contributed by atoms with Crippen LogP contribution < -0.4 is 4.74 Å². The Balaban J connectivity index is 1.72. The molecule has 0 aromatic heterocycles. The van der Waals surface area contributed by atoms with E-state index in [2.05, 4.69) is 13.0 Å². The van der Waals surface area contributed by atoms with Crippen molar-refractivity contribution in [1.82, 2.24) is 0 Å². The van der Waals surface area contributed by atoms with E-state index in [1.807, 2.05) is 0 Å². The lowest BCUT2D eigenvalue weighted by Crippen LogP contribution is -2.25. The Hall–Kier alpha value is -1.31. The van der Waals surface area contributed by atoms with Crippen LogP contribution in [0.1, 0.15) is 58.3 Å². The van der Waals surface area contributed by atoms with Crippen LogP contribution in [0.2, 0.25) is 0 Å². The number of hydrogen-bond donors (Lipinski definition) is 0. The molecule has 0 saturated heterocycles. The van der Waals surface area contributed by atoms with Crippen LogP contribution in [0, 0.1) is 17.9 Å². The van der Waals surface area contributed by atoms with E-state index in [1.165, 1.54) is 38.5 Å². The normalized spacial score (nSPS) is 22.4. The van der Waals surface area contributed by atoms with Crippen LogP contribution in [0.3, 0.4) is 0 Å². The molecule has 1 aliphatic carbocycles. The lowest BCUT2D eigenvalue weighted by atomic mass is 9.80. The summed E-state index contributed by atoms with van der Waals surface area (Å²) in [5, 5.41) is 0. The van der Waals surface area contributed by atoms with Gasteiger partial charge in [-0.3, -0.25) is 4.79 Å². The Morgan fingerprint density at radius 3 is 2.55 bits per heavy atom. The van der Waals surface area contributed by atoms with Gasteiger partial charge in [0.1, 0.15) is 5.75 Å². The van der Waals surface area contributed by atoms with E-state index >= 15 is 0 Å². The third kappa shape index (κ3) is 4.66. The van der Waals surface area contributed by atoms with E-state index < -0.39 is 0 Å². The molecule has 20 heavy (non-hydrogen) atoms. The van der Waals surface area contributed by atoms with Crippen molar-refractivity contribution in [1.29, 1.82) is 0 Å². The zero-order valence-corrected chi connectivity index (χ0v) is 12.4. The molecule has 109 valence electrons.